The lowest BCUT2D eigenvalue weighted by Gasteiger charge is -2.40. The van der Waals surface area contributed by atoms with Crippen molar-refractivity contribution in [1.29, 1.82) is 0 Å². The molecule has 3 nitrogen and oxygen atoms in total. The van der Waals surface area contributed by atoms with Crippen LogP contribution in [0.5, 0.6) is 0 Å². The van der Waals surface area contributed by atoms with Gasteiger partial charge in [-0.15, -0.1) is 0 Å². The summed E-state index contributed by atoms with van der Waals surface area (Å²) in [7, 11) is 1.66. The number of rotatable bonds is 4. The van der Waals surface area contributed by atoms with E-state index in [2.05, 4.69) is 13.8 Å². The number of hydrogen-bond acceptors (Lipinski definition) is 3. The first-order chi connectivity index (χ1) is 6.58. The summed E-state index contributed by atoms with van der Waals surface area (Å²) < 4.78 is 10.5. The zero-order chi connectivity index (χ0) is 10.6. The lowest BCUT2D eigenvalue weighted by molar-refractivity contribution is -0.118. The zero-order valence-corrected chi connectivity index (χ0v) is 9.45. The third-order valence-corrected chi connectivity index (χ3v) is 3.08. The highest BCUT2D eigenvalue weighted by molar-refractivity contribution is 4.88. The Morgan fingerprint density at radius 1 is 1.36 bits per heavy atom. The smallest absolute Gasteiger partial charge is 0.0852 e. The molecule has 1 N–H and O–H groups in total. The van der Waals surface area contributed by atoms with E-state index in [-0.39, 0.29) is 17.6 Å². The summed E-state index contributed by atoms with van der Waals surface area (Å²) in [5, 5.41) is 10.0. The fourth-order valence-electron chi connectivity index (χ4n) is 2.03. The minimum Gasteiger partial charge on any atom is -0.390 e. The normalized spacial score (nSPS) is 31.7. The average Bonchev–Trinajstić information content (AvgIpc) is 2.13. The Bertz CT molecular complexity index is 168. The molecule has 0 heterocycles. The minimum absolute atomic E-state index is 0.00398. The van der Waals surface area contributed by atoms with E-state index in [1.54, 1.807) is 7.11 Å². The van der Waals surface area contributed by atoms with Gasteiger partial charge < -0.3 is 14.6 Å². The van der Waals surface area contributed by atoms with Gasteiger partial charge in [0, 0.05) is 7.11 Å². The van der Waals surface area contributed by atoms with Gasteiger partial charge in [0.05, 0.1) is 25.4 Å². The molecule has 2 unspecified atom stereocenters. The lowest BCUT2D eigenvalue weighted by Crippen LogP contribution is -2.44. The molecule has 0 radical (unpaired) electrons. The van der Waals surface area contributed by atoms with Gasteiger partial charge in [-0.2, -0.15) is 0 Å². The van der Waals surface area contributed by atoms with Crippen LogP contribution in [0.2, 0.25) is 0 Å². The second kappa shape index (κ2) is 5.10. The fourth-order valence-corrected chi connectivity index (χ4v) is 2.03. The molecule has 1 fully saturated rings. The quantitative estimate of drug-likeness (QED) is 0.704. The molecule has 1 rings (SSSR count). The summed E-state index contributed by atoms with van der Waals surface area (Å²) in [4.78, 5) is 0. The van der Waals surface area contributed by atoms with Gasteiger partial charge >= 0.3 is 0 Å². The second-order valence-electron chi connectivity index (χ2n) is 4.73. The van der Waals surface area contributed by atoms with E-state index in [4.69, 9.17) is 9.47 Å². The maximum absolute atomic E-state index is 10.0. The predicted octanol–water partition coefficient (Wildman–Crippen LogP) is 1.59. The standard InChI is InChI=1S/C11H22O3/c1-11(2)6-4-5-9(10(11)12)14-8-7-13-3/h9-10,12H,4-8H2,1-3H3. The molecule has 0 amide bonds. The van der Waals surface area contributed by atoms with E-state index in [1.165, 1.54) is 0 Å². The van der Waals surface area contributed by atoms with E-state index in [9.17, 15) is 5.11 Å². The van der Waals surface area contributed by atoms with Crippen LogP contribution in [0.4, 0.5) is 0 Å². The van der Waals surface area contributed by atoms with Crippen LogP contribution in [-0.4, -0.2) is 37.6 Å². The Morgan fingerprint density at radius 3 is 2.71 bits per heavy atom. The fraction of sp³-hybridized carbons (Fsp3) is 1.00. The van der Waals surface area contributed by atoms with Crippen LogP contribution in [0.25, 0.3) is 0 Å². The van der Waals surface area contributed by atoms with Crippen molar-refractivity contribution < 1.29 is 14.6 Å². The third-order valence-electron chi connectivity index (χ3n) is 3.08. The molecule has 0 aromatic rings. The second-order valence-corrected chi connectivity index (χ2v) is 4.73. The molecule has 0 spiro atoms. The molecule has 1 saturated carbocycles. The maximum atomic E-state index is 10.0. The zero-order valence-electron chi connectivity index (χ0n) is 9.45. The molecular weight excluding hydrogens is 180 g/mol. The van der Waals surface area contributed by atoms with Gasteiger partial charge in [0.15, 0.2) is 0 Å². The molecule has 3 heteroatoms. The van der Waals surface area contributed by atoms with Crippen LogP contribution >= 0.6 is 0 Å². The Labute approximate surface area is 86.4 Å². The number of ether oxygens (including phenoxy) is 2. The summed E-state index contributed by atoms with van der Waals surface area (Å²) in [6, 6.07) is 0. The van der Waals surface area contributed by atoms with Crippen LogP contribution in [0.1, 0.15) is 33.1 Å². The molecule has 1 aliphatic rings. The molecule has 1 aliphatic carbocycles. The van der Waals surface area contributed by atoms with Gasteiger partial charge in [0.2, 0.25) is 0 Å². The Morgan fingerprint density at radius 2 is 2.07 bits per heavy atom. The molecule has 2 atom stereocenters. The van der Waals surface area contributed by atoms with Crippen molar-refractivity contribution in [2.75, 3.05) is 20.3 Å². The Balaban J connectivity index is 2.36. The highest BCUT2D eigenvalue weighted by atomic mass is 16.5. The van der Waals surface area contributed by atoms with Gasteiger partial charge in [0.25, 0.3) is 0 Å². The first-order valence-corrected chi connectivity index (χ1v) is 5.36. The molecule has 0 aromatic heterocycles. The van der Waals surface area contributed by atoms with Gasteiger partial charge in [-0.25, -0.2) is 0 Å². The van der Waals surface area contributed by atoms with Gasteiger partial charge in [0.1, 0.15) is 0 Å². The topological polar surface area (TPSA) is 38.7 Å². The van der Waals surface area contributed by atoms with E-state index in [0.717, 1.165) is 19.3 Å². The van der Waals surface area contributed by atoms with Crippen molar-refractivity contribution in [3.05, 3.63) is 0 Å². The van der Waals surface area contributed by atoms with Crippen molar-refractivity contribution in [2.45, 2.75) is 45.3 Å². The van der Waals surface area contributed by atoms with Crippen LogP contribution in [-0.2, 0) is 9.47 Å². The Kier molecular flexibility index (Phi) is 4.35. The van der Waals surface area contributed by atoms with Crippen molar-refractivity contribution in [3.63, 3.8) is 0 Å². The highest BCUT2D eigenvalue weighted by Gasteiger charge is 2.38. The van der Waals surface area contributed by atoms with E-state index in [1.807, 2.05) is 0 Å². The summed E-state index contributed by atoms with van der Waals surface area (Å²) in [5.41, 5.74) is -0.00398. The number of hydrogen-bond donors (Lipinski definition) is 1. The summed E-state index contributed by atoms with van der Waals surface area (Å²) in [6.45, 7) is 5.38. The maximum Gasteiger partial charge on any atom is 0.0852 e. The summed E-state index contributed by atoms with van der Waals surface area (Å²) in [5.74, 6) is 0. The summed E-state index contributed by atoms with van der Waals surface area (Å²) >= 11 is 0. The summed E-state index contributed by atoms with van der Waals surface area (Å²) in [6.07, 6.45) is 2.84. The molecule has 0 saturated heterocycles. The van der Waals surface area contributed by atoms with Gasteiger partial charge in [-0.3, -0.25) is 0 Å². The van der Waals surface area contributed by atoms with Crippen LogP contribution in [0.3, 0.4) is 0 Å². The van der Waals surface area contributed by atoms with Gasteiger partial charge in [-0.1, -0.05) is 20.3 Å². The molecule has 14 heavy (non-hydrogen) atoms. The molecule has 0 aliphatic heterocycles. The van der Waals surface area contributed by atoms with E-state index < -0.39 is 0 Å². The Hall–Kier alpha value is -0.120. The van der Waals surface area contributed by atoms with Crippen LogP contribution < -0.4 is 0 Å². The number of aliphatic hydroxyl groups excluding tert-OH is 1. The van der Waals surface area contributed by atoms with Crippen molar-refractivity contribution in [3.8, 4) is 0 Å². The number of methoxy groups -OCH3 is 1. The van der Waals surface area contributed by atoms with Crippen molar-refractivity contribution in [1.82, 2.24) is 0 Å². The van der Waals surface area contributed by atoms with Crippen LogP contribution in [0.15, 0.2) is 0 Å². The van der Waals surface area contributed by atoms with E-state index >= 15 is 0 Å². The monoisotopic (exact) mass is 202 g/mol. The van der Waals surface area contributed by atoms with Crippen molar-refractivity contribution >= 4 is 0 Å². The van der Waals surface area contributed by atoms with Crippen molar-refractivity contribution in [2.24, 2.45) is 5.41 Å². The van der Waals surface area contributed by atoms with Crippen LogP contribution in [0, 0.1) is 5.41 Å². The predicted molar refractivity (Wildman–Crippen MR) is 55.3 cm³/mol. The minimum atomic E-state index is -0.340. The first kappa shape index (κ1) is 12.0. The average molecular weight is 202 g/mol. The van der Waals surface area contributed by atoms with Gasteiger partial charge in [-0.05, 0) is 18.3 Å². The molecular formula is C11H22O3. The molecule has 0 bridgehead atoms. The lowest BCUT2D eigenvalue weighted by atomic mass is 9.73. The third kappa shape index (κ3) is 2.94. The largest absolute Gasteiger partial charge is 0.390 e. The van der Waals surface area contributed by atoms with E-state index in [0.29, 0.717) is 13.2 Å². The molecule has 0 aromatic carbocycles. The highest BCUT2D eigenvalue weighted by Crippen LogP contribution is 2.36. The SMILES string of the molecule is COCCOC1CCCC(C)(C)C1O. The first-order valence-electron chi connectivity index (χ1n) is 5.36. The number of aliphatic hydroxyl groups is 1. The molecule has 84 valence electrons.